The van der Waals surface area contributed by atoms with Gasteiger partial charge in [-0.1, -0.05) is 12.1 Å². The molecule has 0 spiro atoms. The summed E-state index contributed by atoms with van der Waals surface area (Å²) in [6.07, 6.45) is 1.50. The van der Waals surface area contributed by atoms with Gasteiger partial charge in [0, 0.05) is 78.0 Å². The van der Waals surface area contributed by atoms with Crippen LogP contribution in [0.15, 0.2) is 36.4 Å². The number of piperidine rings is 2. The monoisotopic (exact) mass is 772 g/mol. The van der Waals surface area contributed by atoms with Gasteiger partial charge in [0.1, 0.15) is 0 Å². The molecule has 18 nitrogen and oxygen atoms in total. The molecule has 0 aliphatic carbocycles. The van der Waals surface area contributed by atoms with Crippen molar-refractivity contribution in [3.05, 3.63) is 59.2 Å². The molecule has 0 N–H and O–H groups in total. The number of hydrogen-bond donors (Lipinski definition) is 0. The van der Waals surface area contributed by atoms with Crippen molar-refractivity contribution < 1.29 is 48.0 Å². The van der Waals surface area contributed by atoms with Crippen LogP contribution in [0.1, 0.15) is 74.1 Å². The number of likely N-dealkylation sites (tertiary alicyclic amines) is 2. The highest BCUT2D eigenvalue weighted by atomic mass is 16.7. The van der Waals surface area contributed by atoms with E-state index in [1.807, 2.05) is 46.2 Å². The summed E-state index contributed by atoms with van der Waals surface area (Å²) in [6.45, 7) is 2.96. The molecular weight excluding hydrogens is 728 g/mol. The van der Waals surface area contributed by atoms with Gasteiger partial charge in [-0.15, -0.1) is 10.1 Å². The first-order valence-corrected chi connectivity index (χ1v) is 19.0. The summed E-state index contributed by atoms with van der Waals surface area (Å²) in [7, 11) is 0. The van der Waals surface area contributed by atoms with E-state index in [0.29, 0.717) is 88.2 Å². The lowest BCUT2D eigenvalue weighted by Crippen LogP contribution is -2.46. The van der Waals surface area contributed by atoms with Crippen LogP contribution in [0, 0.1) is 11.8 Å². The molecule has 0 aromatic carbocycles. The zero-order chi connectivity index (χ0) is 39.3. The van der Waals surface area contributed by atoms with E-state index in [-0.39, 0.29) is 50.6 Å². The van der Waals surface area contributed by atoms with Gasteiger partial charge in [0.25, 0.3) is 23.6 Å². The van der Waals surface area contributed by atoms with Gasteiger partial charge in [-0.2, -0.15) is 0 Å². The van der Waals surface area contributed by atoms with Crippen molar-refractivity contribution in [2.45, 2.75) is 77.5 Å². The lowest BCUT2D eigenvalue weighted by Gasteiger charge is -2.33. The molecule has 0 atom stereocenters. The van der Waals surface area contributed by atoms with Gasteiger partial charge in [0.15, 0.2) is 0 Å². The first kappa shape index (κ1) is 38.6. The number of hydrogen-bond acceptors (Lipinski definition) is 14. The van der Waals surface area contributed by atoms with Crippen LogP contribution >= 0.6 is 0 Å². The van der Waals surface area contributed by atoms with E-state index in [9.17, 15) is 38.4 Å². The Labute approximate surface area is 322 Å². The summed E-state index contributed by atoms with van der Waals surface area (Å²) < 4.78 is 0. The van der Waals surface area contributed by atoms with E-state index in [2.05, 4.69) is 0 Å². The quantitative estimate of drug-likeness (QED) is 0.336. The van der Waals surface area contributed by atoms with Crippen LogP contribution < -0.4 is 0 Å². The minimum Gasteiger partial charge on any atom is -0.342 e. The molecule has 0 radical (unpaired) electrons. The maximum Gasteiger partial charge on any atom is 0.336 e. The molecule has 0 unspecified atom stereocenters. The fraction of sp³-hybridized carbons (Fsp3) is 0.526. The van der Waals surface area contributed by atoms with E-state index in [4.69, 9.17) is 19.6 Å². The average Bonchev–Trinajstić information content (AvgIpc) is 3.68. The number of carbonyl (C=O) groups is 8. The van der Waals surface area contributed by atoms with Gasteiger partial charge in [-0.25, -0.2) is 9.59 Å². The second-order valence-electron chi connectivity index (χ2n) is 14.8. The Morgan fingerprint density at radius 1 is 0.518 bits per heavy atom. The molecule has 2 aromatic heterocycles. The Balaban J connectivity index is 0.942. The van der Waals surface area contributed by atoms with Crippen LogP contribution in [-0.4, -0.2) is 126 Å². The fourth-order valence-corrected chi connectivity index (χ4v) is 7.62. The van der Waals surface area contributed by atoms with Crippen LogP contribution in [0.25, 0.3) is 0 Å². The van der Waals surface area contributed by atoms with Crippen LogP contribution in [0.3, 0.4) is 0 Å². The third-order valence-electron chi connectivity index (χ3n) is 10.7. The molecule has 7 heterocycles. The minimum absolute atomic E-state index is 0.0238. The van der Waals surface area contributed by atoms with Gasteiger partial charge < -0.3 is 19.5 Å². The zero-order valence-electron chi connectivity index (χ0n) is 31.0. The fourth-order valence-electron chi connectivity index (χ4n) is 7.62. The van der Waals surface area contributed by atoms with Crippen molar-refractivity contribution in [2.24, 2.45) is 11.8 Å². The number of imide groups is 2. The maximum absolute atomic E-state index is 13.6. The summed E-state index contributed by atoms with van der Waals surface area (Å²) >= 11 is 0. The highest BCUT2D eigenvalue weighted by Crippen LogP contribution is 2.24. The molecule has 6 amide bonds. The van der Waals surface area contributed by atoms with Crippen molar-refractivity contribution >= 4 is 47.4 Å². The van der Waals surface area contributed by atoms with Gasteiger partial charge in [-0.3, -0.25) is 48.5 Å². The van der Waals surface area contributed by atoms with E-state index in [1.54, 1.807) is 9.80 Å². The molecule has 2 aromatic rings. The Bertz CT molecular complexity index is 1700. The summed E-state index contributed by atoms with van der Waals surface area (Å²) in [5.41, 5.74) is 2.99. The third kappa shape index (κ3) is 9.25. The standard InChI is InChI=1S/C38H44N8O10/c47-31-7-8-32(48)45(31)55-37(53)25-11-15-43(16-12-25)35(51)23-41-19-27-3-1-4-28(39-27)20-42(22-30-6-2-5-29(21-41)40-30)24-36(52)44-17-13-26(14-18-44)38(54)56-46-33(49)9-10-34(46)50/h1-6,25-26H,7-24H2. The van der Waals surface area contributed by atoms with Gasteiger partial charge in [0.05, 0.1) is 47.7 Å². The van der Waals surface area contributed by atoms with Crippen molar-refractivity contribution in [2.75, 3.05) is 39.3 Å². The first-order chi connectivity index (χ1) is 27.0. The first-order valence-electron chi connectivity index (χ1n) is 19.0. The second kappa shape index (κ2) is 17.0. The highest BCUT2D eigenvalue weighted by Gasteiger charge is 2.38. The number of carbonyl (C=O) groups excluding carboxylic acids is 8. The SMILES string of the molecule is O=C(ON1C(=O)CCC1=O)C1CCN(C(=O)CN2Cc3cccc(n3)CN(CC(=O)N3CCC(C(=O)ON4C(=O)CCC4=O)CC3)Cc3cccc(n3)C2)CC1. The Morgan fingerprint density at radius 2 is 0.821 bits per heavy atom. The lowest BCUT2D eigenvalue weighted by molar-refractivity contribution is -0.201. The average molecular weight is 773 g/mol. The Hall–Kier alpha value is -5.62. The molecule has 4 fully saturated rings. The topological polar surface area (TPSA) is 200 Å². The lowest BCUT2D eigenvalue weighted by atomic mass is 9.97. The molecular formula is C38H44N8O10. The normalized spacial score (nSPS) is 20.6. The Kier molecular flexibility index (Phi) is 11.8. The van der Waals surface area contributed by atoms with E-state index in [0.717, 1.165) is 22.8 Å². The van der Waals surface area contributed by atoms with Gasteiger partial charge in [0.2, 0.25) is 11.8 Å². The molecule has 4 saturated heterocycles. The molecule has 0 saturated carbocycles. The summed E-state index contributed by atoms with van der Waals surface area (Å²) in [5.74, 6) is -4.65. The van der Waals surface area contributed by atoms with E-state index < -0.39 is 47.4 Å². The minimum atomic E-state index is -0.638. The summed E-state index contributed by atoms with van der Waals surface area (Å²) in [6, 6.07) is 11.4. The number of aromatic nitrogens is 2. The van der Waals surface area contributed by atoms with Crippen LogP contribution in [0.5, 0.6) is 0 Å². The van der Waals surface area contributed by atoms with Gasteiger partial charge >= 0.3 is 11.9 Å². The number of pyridine rings is 2. The molecule has 7 rings (SSSR count). The maximum atomic E-state index is 13.6. The number of rotatable bonds is 8. The van der Waals surface area contributed by atoms with Gasteiger partial charge in [-0.05, 0) is 49.9 Å². The van der Waals surface area contributed by atoms with E-state index in [1.165, 1.54) is 0 Å². The van der Waals surface area contributed by atoms with Crippen LogP contribution in [0.4, 0.5) is 0 Å². The Morgan fingerprint density at radius 3 is 1.12 bits per heavy atom. The van der Waals surface area contributed by atoms with E-state index >= 15 is 0 Å². The van der Waals surface area contributed by atoms with Crippen LogP contribution in [0.2, 0.25) is 0 Å². The highest BCUT2D eigenvalue weighted by molar-refractivity contribution is 6.02. The van der Waals surface area contributed by atoms with Crippen molar-refractivity contribution in [1.82, 2.24) is 39.7 Å². The summed E-state index contributed by atoms with van der Waals surface area (Å²) in [5, 5.41) is 1.11. The predicted octanol–water partition coefficient (Wildman–Crippen LogP) is 0.486. The third-order valence-corrected chi connectivity index (χ3v) is 10.7. The molecule has 5 aliphatic heterocycles. The van der Waals surface area contributed by atoms with Crippen molar-refractivity contribution in [3.63, 3.8) is 0 Å². The second-order valence-corrected chi connectivity index (χ2v) is 14.8. The largest absolute Gasteiger partial charge is 0.342 e. The van der Waals surface area contributed by atoms with Crippen molar-refractivity contribution in [3.8, 4) is 0 Å². The van der Waals surface area contributed by atoms with Crippen molar-refractivity contribution in [1.29, 1.82) is 0 Å². The summed E-state index contributed by atoms with van der Waals surface area (Å²) in [4.78, 5) is 127. The molecule has 296 valence electrons. The number of nitrogens with zero attached hydrogens (tertiary/aromatic N) is 8. The number of amides is 6. The molecule has 56 heavy (non-hydrogen) atoms. The molecule has 4 bridgehead atoms. The molecule has 18 heteroatoms. The number of hydroxylamine groups is 4. The molecule has 5 aliphatic rings. The van der Waals surface area contributed by atoms with Crippen LogP contribution in [-0.2, 0) is 74.2 Å². The zero-order valence-corrected chi connectivity index (χ0v) is 31.0. The smallest absolute Gasteiger partial charge is 0.336 e. The number of fused-ring (bicyclic) bond motifs is 4. The predicted molar refractivity (Wildman–Crippen MR) is 190 cm³/mol.